The molecular weight excluding hydrogens is 392 g/mol. The molecule has 3 aliphatic carbocycles. The predicted octanol–water partition coefficient (Wildman–Crippen LogP) is 7.84. The smallest absolute Gasteiger partial charge is 0.0653 e. The molecule has 0 spiro atoms. The summed E-state index contributed by atoms with van der Waals surface area (Å²) in [6, 6.07) is 0. The molecule has 0 aliphatic heterocycles. The lowest BCUT2D eigenvalue weighted by Crippen LogP contribution is -2.57. The Morgan fingerprint density at radius 2 is 1.66 bits per heavy atom. The SMILES string of the molecule is C=C1CCCC(C)(C)C1CCC(=CCCC1C(C)(O)CCC2C(C)(C)CCCC21C)CO. The number of allylic oxidation sites excluding steroid dienone is 2. The van der Waals surface area contributed by atoms with Gasteiger partial charge in [0.05, 0.1) is 12.2 Å². The average molecular weight is 445 g/mol. The van der Waals surface area contributed by atoms with Crippen LogP contribution in [0.1, 0.15) is 119 Å². The fourth-order valence-corrected chi connectivity index (χ4v) is 8.56. The van der Waals surface area contributed by atoms with E-state index in [0.29, 0.717) is 28.6 Å². The summed E-state index contributed by atoms with van der Waals surface area (Å²) in [5, 5.41) is 21.5. The molecule has 3 fully saturated rings. The van der Waals surface area contributed by atoms with Crippen molar-refractivity contribution in [2.24, 2.45) is 34.0 Å². The summed E-state index contributed by atoms with van der Waals surface area (Å²) in [7, 11) is 0. The second-order valence-electron chi connectivity index (χ2n) is 13.5. The maximum Gasteiger partial charge on any atom is 0.0653 e. The third-order valence-corrected chi connectivity index (χ3v) is 10.4. The molecule has 5 unspecified atom stereocenters. The molecule has 0 aromatic carbocycles. The van der Waals surface area contributed by atoms with E-state index in [2.05, 4.69) is 54.2 Å². The van der Waals surface area contributed by atoms with Gasteiger partial charge in [-0.25, -0.2) is 0 Å². The van der Waals surface area contributed by atoms with Crippen LogP contribution >= 0.6 is 0 Å². The third kappa shape index (κ3) is 5.22. The number of aliphatic hydroxyl groups excluding tert-OH is 1. The summed E-state index contributed by atoms with van der Waals surface area (Å²) < 4.78 is 0. The number of hydrogen-bond donors (Lipinski definition) is 2. The van der Waals surface area contributed by atoms with Crippen LogP contribution in [-0.4, -0.2) is 22.4 Å². The molecule has 0 saturated heterocycles. The molecule has 2 N–H and O–H groups in total. The minimum atomic E-state index is -0.574. The number of hydrogen-bond acceptors (Lipinski definition) is 2. The van der Waals surface area contributed by atoms with E-state index in [1.165, 1.54) is 49.7 Å². The summed E-state index contributed by atoms with van der Waals surface area (Å²) in [5.74, 6) is 1.60. The van der Waals surface area contributed by atoms with Crippen molar-refractivity contribution in [3.05, 3.63) is 23.8 Å². The standard InChI is InChI=1S/C30H52O2/c1-22-11-9-17-27(2,3)24(22)15-14-23(21-31)12-8-13-26-29(6)19-10-18-28(4,5)25(29)16-20-30(26,7)32/h12,24-26,31-32H,1,8-11,13-21H2,2-7H3. The molecule has 2 nitrogen and oxygen atoms in total. The Kier molecular flexibility index (Phi) is 7.78. The number of aliphatic hydroxyl groups is 2. The Bertz CT molecular complexity index is 698. The van der Waals surface area contributed by atoms with Gasteiger partial charge in [0.25, 0.3) is 0 Å². The van der Waals surface area contributed by atoms with Gasteiger partial charge in [0.2, 0.25) is 0 Å². The lowest BCUT2D eigenvalue weighted by Gasteiger charge is -2.61. The first-order chi connectivity index (χ1) is 14.8. The van der Waals surface area contributed by atoms with Crippen LogP contribution in [0, 0.1) is 34.0 Å². The molecule has 0 bridgehead atoms. The van der Waals surface area contributed by atoms with E-state index in [1.807, 2.05) is 0 Å². The molecule has 0 aromatic heterocycles. The van der Waals surface area contributed by atoms with Gasteiger partial charge in [0.15, 0.2) is 0 Å². The average Bonchev–Trinajstić information content (AvgIpc) is 2.66. The van der Waals surface area contributed by atoms with Crippen LogP contribution in [0.5, 0.6) is 0 Å². The minimum Gasteiger partial charge on any atom is -0.392 e. The highest BCUT2D eigenvalue weighted by molar-refractivity contribution is 5.12. The fraction of sp³-hybridized carbons (Fsp3) is 0.867. The molecule has 0 radical (unpaired) electrons. The largest absolute Gasteiger partial charge is 0.392 e. The zero-order valence-electron chi connectivity index (χ0n) is 22.1. The van der Waals surface area contributed by atoms with E-state index >= 15 is 0 Å². The van der Waals surface area contributed by atoms with Gasteiger partial charge >= 0.3 is 0 Å². The van der Waals surface area contributed by atoms with Crippen molar-refractivity contribution >= 4 is 0 Å². The molecule has 0 aromatic rings. The molecule has 3 aliphatic rings. The van der Waals surface area contributed by atoms with Gasteiger partial charge in [-0.15, -0.1) is 0 Å². The first-order valence-corrected chi connectivity index (χ1v) is 13.5. The van der Waals surface area contributed by atoms with Crippen LogP contribution in [0.3, 0.4) is 0 Å². The summed E-state index contributed by atoms with van der Waals surface area (Å²) in [5.41, 5.74) is 2.95. The van der Waals surface area contributed by atoms with Crippen LogP contribution in [-0.2, 0) is 0 Å². The first kappa shape index (κ1) is 26.0. The highest BCUT2D eigenvalue weighted by Crippen LogP contribution is 2.62. The Morgan fingerprint density at radius 3 is 2.31 bits per heavy atom. The summed E-state index contributed by atoms with van der Waals surface area (Å²) in [6.07, 6.45) is 16.0. The lowest BCUT2D eigenvalue weighted by molar-refractivity contribution is -0.168. The van der Waals surface area contributed by atoms with Gasteiger partial charge in [0, 0.05) is 0 Å². The van der Waals surface area contributed by atoms with Crippen molar-refractivity contribution in [3.63, 3.8) is 0 Å². The van der Waals surface area contributed by atoms with Crippen LogP contribution < -0.4 is 0 Å². The van der Waals surface area contributed by atoms with Crippen molar-refractivity contribution in [2.75, 3.05) is 6.61 Å². The highest BCUT2D eigenvalue weighted by atomic mass is 16.3. The Morgan fingerprint density at radius 1 is 0.969 bits per heavy atom. The van der Waals surface area contributed by atoms with Crippen molar-refractivity contribution < 1.29 is 10.2 Å². The molecule has 2 heteroatoms. The molecule has 3 rings (SSSR count). The monoisotopic (exact) mass is 444 g/mol. The van der Waals surface area contributed by atoms with Crippen LogP contribution in [0.2, 0.25) is 0 Å². The molecule has 0 amide bonds. The van der Waals surface area contributed by atoms with E-state index in [1.54, 1.807) is 0 Å². The zero-order chi connectivity index (χ0) is 23.8. The van der Waals surface area contributed by atoms with Gasteiger partial charge < -0.3 is 10.2 Å². The Balaban J connectivity index is 1.66. The lowest BCUT2D eigenvalue weighted by atomic mass is 9.45. The van der Waals surface area contributed by atoms with E-state index in [0.717, 1.165) is 38.5 Å². The van der Waals surface area contributed by atoms with Gasteiger partial charge in [0.1, 0.15) is 0 Å². The Labute approximate surface area is 199 Å². The molecule has 184 valence electrons. The van der Waals surface area contributed by atoms with Crippen molar-refractivity contribution in [3.8, 4) is 0 Å². The van der Waals surface area contributed by atoms with Crippen LogP contribution in [0.15, 0.2) is 23.8 Å². The van der Waals surface area contributed by atoms with Crippen molar-refractivity contribution in [1.82, 2.24) is 0 Å². The number of rotatable bonds is 7. The maximum absolute atomic E-state index is 11.4. The van der Waals surface area contributed by atoms with E-state index < -0.39 is 5.60 Å². The van der Waals surface area contributed by atoms with Crippen LogP contribution in [0.25, 0.3) is 0 Å². The van der Waals surface area contributed by atoms with E-state index in [9.17, 15) is 10.2 Å². The summed E-state index contributed by atoms with van der Waals surface area (Å²) in [4.78, 5) is 0. The van der Waals surface area contributed by atoms with Gasteiger partial charge in [-0.1, -0.05) is 59.3 Å². The number of fused-ring (bicyclic) bond motifs is 1. The third-order valence-electron chi connectivity index (χ3n) is 10.4. The quantitative estimate of drug-likeness (QED) is 0.393. The minimum absolute atomic E-state index is 0.160. The topological polar surface area (TPSA) is 40.5 Å². The molecule has 5 atom stereocenters. The highest BCUT2D eigenvalue weighted by Gasteiger charge is 2.57. The van der Waals surface area contributed by atoms with Gasteiger partial charge in [-0.05, 0) is 117 Å². The predicted molar refractivity (Wildman–Crippen MR) is 136 cm³/mol. The normalized spacial score (nSPS) is 39.6. The first-order valence-electron chi connectivity index (χ1n) is 13.5. The molecular formula is C30H52O2. The Hall–Kier alpha value is -0.600. The van der Waals surface area contributed by atoms with Crippen LogP contribution in [0.4, 0.5) is 0 Å². The molecule has 3 saturated carbocycles. The molecule has 32 heavy (non-hydrogen) atoms. The second kappa shape index (κ2) is 9.57. The van der Waals surface area contributed by atoms with Gasteiger partial charge in [-0.2, -0.15) is 0 Å². The van der Waals surface area contributed by atoms with E-state index in [4.69, 9.17) is 0 Å². The zero-order valence-corrected chi connectivity index (χ0v) is 22.1. The van der Waals surface area contributed by atoms with E-state index in [-0.39, 0.29) is 12.0 Å². The van der Waals surface area contributed by atoms with Crippen molar-refractivity contribution in [1.29, 1.82) is 0 Å². The second-order valence-corrected chi connectivity index (χ2v) is 13.5. The summed E-state index contributed by atoms with van der Waals surface area (Å²) >= 11 is 0. The van der Waals surface area contributed by atoms with Gasteiger partial charge in [-0.3, -0.25) is 0 Å². The van der Waals surface area contributed by atoms with Crippen molar-refractivity contribution in [2.45, 2.75) is 124 Å². The molecule has 0 heterocycles. The fourth-order valence-electron chi connectivity index (χ4n) is 8.56. The maximum atomic E-state index is 11.4. The summed E-state index contributed by atoms with van der Waals surface area (Å²) in [6.45, 7) is 18.8.